The van der Waals surface area contributed by atoms with Crippen molar-refractivity contribution in [1.29, 1.82) is 0 Å². The standard InChI is InChI=1S/C19H17F3N2O7/c1-11(25)31-14-6-4-13(5-7-14)30-10-18(2,27)17(26)23-12-3-8-16(24(28)29)15(9-12)19(20,21)22/h3-9,27H,10H2,1-2H3,(H,23,26)/t18-/m0/s1. The lowest BCUT2D eigenvalue weighted by molar-refractivity contribution is -0.388. The number of hydrogen-bond acceptors (Lipinski definition) is 7. The summed E-state index contributed by atoms with van der Waals surface area (Å²) in [7, 11) is 0. The Bertz CT molecular complexity index is 989. The molecule has 12 heteroatoms. The second-order valence-corrected chi connectivity index (χ2v) is 6.57. The third-order valence-corrected chi connectivity index (χ3v) is 3.85. The molecule has 0 bridgehead atoms. The quantitative estimate of drug-likeness (QED) is 0.291. The lowest BCUT2D eigenvalue weighted by atomic mass is 10.1. The van der Waals surface area contributed by atoms with Gasteiger partial charge in [0.2, 0.25) is 0 Å². The van der Waals surface area contributed by atoms with Gasteiger partial charge in [-0.05, 0) is 43.3 Å². The molecular weight excluding hydrogens is 425 g/mol. The second-order valence-electron chi connectivity index (χ2n) is 6.57. The van der Waals surface area contributed by atoms with E-state index in [9.17, 15) is 38.0 Å². The van der Waals surface area contributed by atoms with Gasteiger partial charge >= 0.3 is 12.1 Å². The molecule has 0 radical (unpaired) electrons. The predicted molar refractivity (Wildman–Crippen MR) is 101 cm³/mol. The Balaban J connectivity index is 2.08. The van der Waals surface area contributed by atoms with E-state index in [-0.39, 0.29) is 11.5 Å². The van der Waals surface area contributed by atoms with Gasteiger partial charge in [-0.25, -0.2) is 0 Å². The van der Waals surface area contributed by atoms with Crippen LogP contribution in [0.5, 0.6) is 11.5 Å². The molecule has 2 rings (SSSR count). The molecule has 2 aromatic rings. The smallest absolute Gasteiger partial charge is 0.423 e. The van der Waals surface area contributed by atoms with E-state index in [4.69, 9.17) is 9.47 Å². The molecular formula is C19H17F3N2O7. The van der Waals surface area contributed by atoms with Crippen molar-refractivity contribution in [2.75, 3.05) is 11.9 Å². The summed E-state index contributed by atoms with van der Waals surface area (Å²) in [5.74, 6) is -1.14. The van der Waals surface area contributed by atoms with Crippen molar-refractivity contribution in [3.63, 3.8) is 0 Å². The summed E-state index contributed by atoms with van der Waals surface area (Å²) >= 11 is 0. The fourth-order valence-corrected chi connectivity index (χ4v) is 2.33. The maximum Gasteiger partial charge on any atom is 0.423 e. The first-order chi connectivity index (χ1) is 14.3. The Morgan fingerprint density at radius 1 is 1.13 bits per heavy atom. The Labute approximate surface area is 173 Å². The Morgan fingerprint density at radius 3 is 2.23 bits per heavy atom. The molecule has 0 aromatic heterocycles. The average Bonchev–Trinajstić information content (AvgIpc) is 2.66. The molecule has 1 atom stereocenters. The number of nitro benzene ring substituents is 1. The molecule has 2 N–H and O–H groups in total. The highest BCUT2D eigenvalue weighted by Gasteiger charge is 2.39. The molecule has 166 valence electrons. The van der Waals surface area contributed by atoms with Crippen molar-refractivity contribution < 1.29 is 42.3 Å². The molecule has 0 saturated carbocycles. The minimum Gasteiger partial charge on any atom is -0.490 e. The highest BCUT2D eigenvalue weighted by Crippen LogP contribution is 2.37. The first-order valence-corrected chi connectivity index (χ1v) is 8.60. The number of carbonyl (C=O) groups excluding carboxylic acids is 2. The van der Waals surface area contributed by atoms with Crippen LogP contribution >= 0.6 is 0 Å². The molecule has 0 aliphatic heterocycles. The minimum absolute atomic E-state index is 0.221. The van der Waals surface area contributed by atoms with Crippen molar-refractivity contribution in [3.8, 4) is 11.5 Å². The molecule has 1 amide bonds. The van der Waals surface area contributed by atoms with Crippen LogP contribution in [0, 0.1) is 10.1 Å². The predicted octanol–water partition coefficient (Wildman–Crippen LogP) is 3.31. The largest absolute Gasteiger partial charge is 0.490 e. The molecule has 0 fully saturated rings. The molecule has 31 heavy (non-hydrogen) atoms. The number of nitrogens with zero attached hydrogens (tertiary/aromatic N) is 1. The van der Waals surface area contributed by atoms with Crippen molar-refractivity contribution in [2.45, 2.75) is 25.6 Å². The zero-order valence-electron chi connectivity index (χ0n) is 16.2. The number of halogens is 3. The number of nitrogens with one attached hydrogen (secondary N) is 1. The van der Waals surface area contributed by atoms with E-state index in [1.54, 1.807) is 0 Å². The molecule has 9 nitrogen and oxygen atoms in total. The summed E-state index contributed by atoms with van der Waals surface area (Å²) in [5.41, 5.74) is -5.26. The van der Waals surface area contributed by atoms with Gasteiger partial charge in [0.05, 0.1) is 4.92 Å². The van der Waals surface area contributed by atoms with Crippen LogP contribution in [0.1, 0.15) is 19.4 Å². The van der Waals surface area contributed by atoms with Crippen LogP contribution in [-0.2, 0) is 15.8 Å². The third-order valence-electron chi connectivity index (χ3n) is 3.85. The number of hydrogen-bond donors (Lipinski definition) is 2. The number of carbonyl (C=O) groups is 2. The molecule has 0 saturated heterocycles. The van der Waals surface area contributed by atoms with E-state index in [2.05, 4.69) is 5.32 Å². The van der Waals surface area contributed by atoms with Gasteiger partial charge in [0, 0.05) is 18.7 Å². The average molecular weight is 442 g/mol. The van der Waals surface area contributed by atoms with Crippen LogP contribution in [0.15, 0.2) is 42.5 Å². The number of esters is 1. The first kappa shape index (κ1) is 23.6. The van der Waals surface area contributed by atoms with Crippen LogP contribution in [-0.4, -0.2) is 34.1 Å². The summed E-state index contributed by atoms with van der Waals surface area (Å²) < 4.78 is 49.3. The van der Waals surface area contributed by atoms with E-state index in [0.29, 0.717) is 12.1 Å². The fourth-order valence-electron chi connectivity index (χ4n) is 2.33. The van der Waals surface area contributed by atoms with Crippen LogP contribution < -0.4 is 14.8 Å². The van der Waals surface area contributed by atoms with Crippen molar-refractivity contribution >= 4 is 23.3 Å². The third kappa shape index (κ3) is 6.40. The van der Waals surface area contributed by atoms with E-state index in [0.717, 1.165) is 13.0 Å². The van der Waals surface area contributed by atoms with E-state index in [1.165, 1.54) is 31.2 Å². The van der Waals surface area contributed by atoms with E-state index in [1.807, 2.05) is 0 Å². The van der Waals surface area contributed by atoms with Crippen LogP contribution in [0.4, 0.5) is 24.5 Å². The van der Waals surface area contributed by atoms with Crippen molar-refractivity contribution in [2.24, 2.45) is 0 Å². The topological polar surface area (TPSA) is 128 Å². The fraction of sp³-hybridized carbons (Fsp3) is 0.263. The Hall–Kier alpha value is -3.67. The maximum absolute atomic E-state index is 13.1. The van der Waals surface area contributed by atoms with Crippen molar-refractivity contribution in [1.82, 2.24) is 0 Å². The van der Waals surface area contributed by atoms with Crippen LogP contribution in [0.2, 0.25) is 0 Å². The van der Waals surface area contributed by atoms with Gasteiger partial charge in [-0.1, -0.05) is 0 Å². The van der Waals surface area contributed by atoms with E-state index < -0.39 is 52.1 Å². The number of anilines is 1. The second kappa shape index (κ2) is 9.00. The number of rotatable bonds is 7. The first-order valence-electron chi connectivity index (χ1n) is 8.60. The van der Waals surface area contributed by atoms with Gasteiger partial charge in [0.25, 0.3) is 11.6 Å². The maximum atomic E-state index is 13.1. The molecule has 2 aromatic carbocycles. The highest BCUT2D eigenvalue weighted by atomic mass is 19.4. The zero-order valence-corrected chi connectivity index (χ0v) is 16.2. The Kier molecular flexibility index (Phi) is 6.85. The van der Waals surface area contributed by atoms with Gasteiger partial charge in [-0.3, -0.25) is 19.7 Å². The summed E-state index contributed by atoms with van der Waals surface area (Å²) in [4.78, 5) is 32.8. The van der Waals surface area contributed by atoms with E-state index >= 15 is 0 Å². The van der Waals surface area contributed by atoms with Gasteiger partial charge in [0.15, 0.2) is 5.60 Å². The van der Waals surface area contributed by atoms with Gasteiger partial charge < -0.3 is 19.9 Å². The number of nitro groups is 1. The zero-order chi connectivity index (χ0) is 23.4. The molecule has 0 unspecified atom stereocenters. The molecule has 0 heterocycles. The highest BCUT2D eigenvalue weighted by molar-refractivity contribution is 5.97. The summed E-state index contributed by atoms with van der Waals surface area (Å²) in [6.45, 7) is 1.74. The van der Waals surface area contributed by atoms with Crippen molar-refractivity contribution in [3.05, 3.63) is 58.1 Å². The van der Waals surface area contributed by atoms with Gasteiger partial charge in [0.1, 0.15) is 23.7 Å². The number of benzene rings is 2. The lowest BCUT2D eigenvalue weighted by Crippen LogP contribution is -2.45. The lowest BCUT2D eigenvalue weighted by Gasteiger charge is -2.23. The minimum atomic E-state index is -5.02. The van der Waals surface area contributed by atoms with Gasteiger partial charge in [-0.15, -0.1) is 0 Å². The van der Waals surface area contributed by atoms with Crippen LogP contribution in [0.25, 0.3) is 0 Å². The summed E-state index contributed by atoms with van der Waals surface area (Å²) in [6, 6.07) is 7.59. The SMILES string of the molecule is CC(=O)Oc1ccc(OC[C@](C)(O)C(=O)Nc2ccc([N+](=O)[O-])c(C(F)(F)F)c2)cc1. The molecule has 0 spiro atoms. The normalized spacial score (nSPS) is 13.1. The number of amides is 1. The summed E-state index contributed by atoms with van der Waals surface area (Å²) in [5, 5.41) is 23.2. The molecule has 0 aliphatic rings. The summed E-state index contributed by atoms with van der Waals surface area (Å²) in [6.07, 6.45) is -5.02. The van der Waals surface area contributed by atoms with Gasteiger partial charge in [-0.2, -0.15) is 13.2 Å². The number of aliphatic hydroxyl groups is 1. The molecule has 0 aliphatic carbocycles. The van der Waals surface area contributed by atoms with Crippen LogP contribution in [0.3, 0.4) is 0 Å². The monoisotopic (exact) mass is 442 g/mol. The Morgan fingerprint density at radius 2 is 1.71 bits per heavy atom. The number of ether oxygens (including phenoxy) is 2. The number of alkyl halides is 3.